The minimum Gasteiger partial charge on any atom is -0.387 e. The first-order valence-electron chi connectivity index (χ1n) is 7.67. The van der Waals surface area contributed by atoms with Gasteiger partial charge >= 0.3 is 0 Å². The van der Waals surface area contributed by atoms with Crippen LogP contribution in [0.15, 0.2) is 30.0 Å². The molecule has 3 heterocycles. The molecule has 118 valence electrons. The number of pyridine rings is 1. The molecule has 6 heteroatoms. The van der Waals surface area contributed by atoms with E-state index in [0.717, 1.165) is 40.5 Å². The van der Waals surface area contributed by atoms with E-state index in [1.165, 1.54) is 0 Å². The minimum atomic E-state index is -0.215. The molecule has 0 amide bonds. The maximum Gasteiger partial charge on any atom is 0.206 e. The molecule has 0 aromatic carbocycles. The quantitative estimate of drug-likeness (QED) is 0.769. The molecule has 4 rings (SSSR count). The van der Waals surface area contributed by atoms with Crippen molar-refractivity contribution in [1.29, 1.82) is 5.26 Å². The molecule has 2 aliphatic rings. The number of rotatable bonds is 1. The van der Waals surface area contributed by atoms with Crippen molar-refractivity contribution in [3.63, 3.8) is 0 Å². The van der Waals surface area contributed by atoms with Crippen molar-refractivity contribution in [2.24, 2.45) is 0 Å². The Hall–Kier alpha value is -3.33. The fourth-order valence-corrected chi connectivity index (χ4v) is 3.37. The fourth-order valence-electron chi connectivity index (χ4n) is 3.37. The predicted molar refractivity (Wildman–Crippen MR) is 90.1 cm³/mol. The van der Waals surface area contributed by atoms with Crippen LogP contribution in [0.3, 0.4) is 0 Å². The van der Waals surface area contributed by atoms with E-state index in [1.807, 2.05) is 25.3 Å². The number of allylic oxidation sites excluding steroid dienone is 2. The van der Waals surface area contributed by atoms with Gasteiger partial charge in [-0.1, -0.05) is 0 Å². The van der Waals surface area contributed by atoms with E-state index >= 15 is 0 Å². The molecule has 0 saturated heterocycles. The van der Waals surface area contributed by atoms with Gasteiger partial charge in [0.05, 0.1) is 16.3 Å². The molecule has 0 spiro atoms. The molecule has 2 aromatic heterocycles. The molecule has 0 fully saturated rings. The molecule has 3 N–H and O–H groups in total. The topological polar surface area (TPSA) is 96.7 Å². The molecule has 0 unspecified atom stereocenters. The molecule has 1 aliphatic heterocycles. The largest absolute Gasteiger partial charge is 0.387 e. The van der Waals surface area contributed by atoms with Crippen molar-refractivity contribution in [3.05, 3.63) is 57.4 Å². The summed E-state index contributed by atoms with van der Waals surface area (Å²) in [6.07, 6.45) is 5.26. The van der Waals surface area contributed by atoms with Gasteiger partial charge in [-0.3, -0.25) is 4.79 Å². The maximum atomic E-state index is 12.7. The number of hydrogen-bond acceptors (Lipinski definition) is 5. The van der Waals surface area contributed by atoms with Crippen LogP contribution in [0.4, 0.5) is 5.82 Å². The number of hydrogen-bond donors (Lipinski definition) is 2. The summed E-state index contributed by atoms with van der Waals surface area (Å²) in [7, 11) is 0. The van der Waals surface area contributed by atoms with Crippen LogP contribution >= 0.6 is 0 Å². The van der Waals surface area contributed by atoms with Crippen LogP contribution in [0.2, 0.25) is 0 Å². The highest BCUT2D eigenvalue weighted by Gasteiger charge is 2.27. The van der Waals surface area contributed by atoms with Crippen LogP contribution in [-0.4, -0.2) is 21.9 Å². The van der Waals surface area contributed by atoms with Gasteiger partial charge < -0.3 is 15.6 Å². The monoisotopic (exact) mass is 317 g/mol. The smallest absolute Gasteiger partial charge is 0.206 e. The van der Waals surface area contributed by atoms with Crippen LogP contribution < -0.4 is 21.7 Å². The molecule has 0 atom stereocenters. The standard InChI is InChI=1S/C18H15N5O/c1-10-14-9-21-4-5-23(14)17-13(11-2-3-15(20)22-8-11)6-12(7-19)18(24)16(10)17/h2-3,6,8-9,21H,4-5H2,1H3,(H2,20,22). The summed E-state index contributed by atoms with van der Waals surface area (Å²) in [6, 6.07) is 5.61. The van der Waals surface area contributed by atoms with Gasteiger partial charge in [-0.25, -0.2) is 4.98 Å². The zero-order chi connectivity index (χ0) is 16.8. The zero-order valence-corrected chi connectivity index (χ0v) is 13.1. The number of fused-ring (bicyclic) bond motifs is 3. The van der Waals surface area contributed by atoms with Gasteiger partial charge in [0.25, 0.3) is 0 Å². The summed E-state index contributed by atoms with van der Waals surface area (Å²) >= 11 is 0. The van der Waals surface area contributed by atoms with Gasteiger partial charge in [-0.2, -0.15) is 5.26 Å². The summed E-state index contributed by atoms with van der Waals surface area (Å²) in [6.45, 7) is 3.48. The van der Waals surface area contributed by atoms with Crippen molar-refractivity contribution >= 4 is 23.4 Å². The third-order valence-corrected chi connectivity index (χ3v) is 4.51. The first kappa shape index (κ1) is 14.3. The lowest BCUT2D eigenvalue weighted by Crippen LogP contribution is -2.39. The van der Waals surface area contributed by atoms with Gasteiger partial charge in [0.1, 0.15) is 17.5 Å². The van der Waals surface area contributed by atoms with E-state index in [0.29, 0.717) is 11.4 Å². The number of aromatic nitrogens is 2. The number of nitriles is 1. The van der Waals surface area contributed by atoms with E-state index in [4.69, 9.17) is 5.73 Å². The summed E-state index contributed by atoms with van der Waals surface area (Å²) in [5.41, 5.74) is 9.00. The lowest BCUT2D eigenvalue weighted by molar-refractivity contribution is 0.103. The fraction of sp³-hybridized carbons (Fsp3) is 0.167. The highest BCUT2D eigenvalue weighted by molar-refractivity contribution is 6.16. The van der Waals surface area contributed by atoms with Gasteiger partial charge in [0.15, 0.2) is 0 Å². The number of nitrogens with zero attached hydrogens (tertiary/aromatic N) is 3. The number of nitrogens with two attached hydrogens (primary N) is 1. The average molecular weight is 317 g/mol. The minimum absolute atomic E-state index is 0.147. The van der Waals surface area contributed by atoms with Crippen molar-refractivity contribution in [2.45, 2.75) is 13.5 Å². The molecule has 24 heavy (non-hydrogen) atoms. The van der Waals surface area contributed by atoms with Crippen molar-refractivity contribution < 1.29 is 4.79 Å². The Bertz CT molecular complexity index is 1060. The van der Waals surface area contributed by atoms with E-state index in [1.54, 1.807) is 18.3 Å². The molecule has 0 saturated carbocycles. The van der Waals surface area contributed by atoms with Crippen LogP contribution in [0.1, 0.15) is 21.5 Å². The van der Waals surface area contributed by atoms with E-state index < -0.39 is 0 Å². The third-order valence-electron chi connectivity index (χ3n) is 4.51. The Morgan fingerprint density at radius 1 is 1.42 bits per heavy atom. The maximum absolute atomic E-state index is 12.7. The first-order chi connectivity index (χ1) is 11.6. The van der Waals surface area contributed by atoms with Gasteiger partial charge in [-0.05, 0) is 30.7 Å². The van der Waals surface area contributed by atoms with Crippen LogP contribution in [0, 0.1) is 18.3 Å². The normalized spacial score (nSPS) is 15.6. The predicted octanol–water partition coefficient (Wildman–Crippen LogP) is -0.0398. The van der Waals surface area contributed by atoms with Crippen LogP contribution in [0.25, 0.3) is 11.8 Å². The Labute approximate surface area is 138 Å². The number of Topliss-reactive ketones (excluding diaryl/α,β-unsaturated/α-hetero) is 1. The van der Waals surface area contributed by atoms with Crippen molar-refractivity contribution in [2.75, 3.05) is 12.3 Å². The van der Waals surface area contributed by atoms with E-state index in [9.17, 15) is 10.1 Å². The summed E-state index contributed by atoms with van der Waals surface area (Å²) in [5.74, 6) is 0.217. The molecule has 1 aliphatic carbocycles. The number of carbonyl (C=O) groups excluding carboxylic acids is 1. The summed E-state index contributed by atoms with van der Waals surface area (Å²) in [5, 5.41) is 14.4. The molecular formula is C18H15N5O. The highest BCUT2D eigenvalue weighted by Crippen LogP contribution is 2.22. The Morgan fingerprint density at radius 2 is 2.25 bits per heavy atom. The first-order valence-corrected chi connectivity index (χ1v) is 7.67. The Balaban J connectivity index is 2.17. The third kappa shape index (κ3) is 1.88. The van der Waals surface area contributed by atoms with Crippen molar-refractivity contribution in [3.8, 4) is 6.07 Å². The average Bonchev–Trinajstić information content (AvgIpc) is 2.91. The lowest BCUT2D eigenvalue weighted by atomic mass is 9.91. The van der Waals surface area contributed by atoms with Gasteiger partial charge in [-0.15, -0.1) is 0 Å². The molecule has 2 aromatic rings. The highest BCUT2D eigenvalue weighted by atomic mass is 16.1. The van der Waals surface area contributed by atoms with Crippen molar-refractivity contribution in [1.82, 2.24) is 14.9 Å². The Kier molecular flexibility index (Phi) is 3.03. The number of carbonyl (C=O) groups is 1. The summed E-state index contributed by atoms with van der Waals surface area (Å²) in [4.78, 5) is 16.9. The molecule has 0 bridgehead atoms. The lowest BCUT2D eigenvalue weighted by Gasteiger charge is -2.15. The number of nitrogen functional groups attached to an aromatic ring is 1. The second-order valence-corrected chi connectivity index (χ2v) is 5.87. The van der Waals surface area contributed by atoms with E-state index in [-0.39, 0.29) is 11.4 Å². The van der Waals surface area contributed by atoms with Crippen LogP contribution in [0.5, 0.6) is 0 Å². The summed E-state index contributed by atoms with van der Waals surface area (Å²) < 4.78 is 2.13. The molecule has 0 radical (unpaired) electrons. The Morgan fingerprint density at radius 3 is 2.96 bits per heavy atom. The second-order valence-electron chi connectivity index (χ2n) is 5.87. The number of nitrogens with one attached hydrogen (secondary N) is 1. The number of ketones is 1. The SMILES string of the molecule is Cc1c2c(n3c1=CNCC3)=C(c1ccc(N)nc1)C=C(C#N)C2=O. The van der Waals surface area contributed by atoms with Gasteiger partial charge in [0, 0.05) is 36.6 Å². The van der Waals surface area contributed by atoms with Crippen LogP contribution in [-0.2, 0) is 6.54 Å². The molecule has 6 nitrogen and oxygen atoms in total. The second kappa shape index (κ2) is 5.10. The van der Waals surface area contributed by atoms with E-state index in [2.05, 4.69) is 14.9 Å². The number of anilines is 1. The molecular weight excluding hydrogens is 302 g/mol. The van der Waals surface area contributed by atoms with Gasteiger partial charge in [0.2, 0.25) is 5.78 Å². The zero-order valence-electron chi connectivity index (χ0n) is 13.1.